The molecule has 0 aliphatic heterocycles. The number of aldehydes is 1. The van der Waals surface area contributed by atoms with Gasteiger partial charge in [-0.25, -0.2) is 0 Å². The summed E-state index contributed by atoms with van der Waals surface area (Å²) in [6.45, 7) is 7.30. The van der Waals surface area contributed by atoms with Crippen LogP contribution in [0.25, 0.3) is 0 Å². The molecular weight excluding hydrogens is 178 g/mol. The molecule has 1 amide bonds. The summed E-state index contributed by atoms with van der Waals surface area (Å²) in [7, 11) is 0. The third-order valence-electron chi connectivity index (χ3n) is 1.85. The number of hydrogen-bond acceptors (Lipinski definition) is 2. The Morgan fingerprint density at radius 2 is 2.00 bits per heavy atom. The molecule has 1 unspecified atom stereocenters. The van der Waals surface area contributed by atoms with Crippen molar-refractivity contribution in [2.45, 2.75) is 39.5 Å². The molecule has 0 spiro atoms. The van der Waals surface area contributed by atoms with Gasteiger partial charge in [-0.1, -0.05) is 33.3 Å². The molecule has 0 saturated heterocycles. The molecular formula is C11H21NO2. The summed E-state index contributed by atoms with van der Waals surface area (Å²) in [5.74, 6) is -0.157. The Balaban J connectivity index is 0. The van der Waals surface area contributed by atoms with Gasteiger partial charge in [0, 0.05) is 5.92 Å². The molecule has 0 rings (SSSR count). The Kier molecular flexibility index (Phi) is 13.0. The van der Waals surface area contributed by atoms with Gasteiger partial charge in [-0.15, -0.1) is 0 Å². The van der Waals surface area contributed by atoms with Crippen LogP contribution in [-0.2, 0) is 9.59 Å². The first-order chi connectivity index (χ1) is 6.62. The normalized spacial score (nSPS) is 10.7. The zero-order valence-corrected chi connectivity index (χ0v) is 9.16. The van der Waals surface area contributed by atoms with Crippen LogP contribution in [-0.4, -0.2) is 12.2 Å². The van der Waals surface area contributed by atoms with Crippen molar-refractivity contribution in [3.63, 3.8) is 0 Å². The fourth-order valence-electron chi connectivity index (χ4n) is 0.835. The highest BCUT2D eigenvalue weighted by Crippen LogP contribution is 2.08. The fourth-order valence-corrected chi connectivity index (χ4v) is 0.835. The number of primary amides is 1. The maximum atomic E-state index is 10.2. The van der Waals surface area contributed by atoms with E-state index in [1.165, 1.54) is 12.8 Å². The minimum Gasteiger partial charge on any atom is -0.366 e. The van der Waals surface area contributed by atoms with Gasteiger partial charge in [-0.2, -0.15) is 0 Å². The summed E-state index contributed by atoms with van der Waals surface area (Å²) < 4.78 is 0. The van der Waals surface area contributed by atoms with Crippen molar-refractivity contribution in [1.82, 2.24) is 0 Å². The summed E-state index contributed by atoms with van der Waals surface area (Å²) in [6, 6.07) is 0. The number of unbranched alkanes of at least 4 members (excludes halogenated alkanes) is 1. The van der Waals surface area contributed by atoms with Gasteiger partial charge in [0.25, 0.3) is 0 Å². The molecule has 0 aromatic rings. The lowest BCUT2D eigenvalue weighted by Gasteiger charge is -2.03. The lowest BCUT2D eigenvalue weighted by Crippen LogP contribution is -2.04. The van der Waals surface area contributed by atoms with E-state index in [4.69, 9.17) is 0 Å². The van der Waals surface area contributed by atoms with Crippen LogP contribution in [0.4, 0.5) is 0 Å². The molecule has 0 saturated carbocycles. The van der Waals surface area contributed by atoms with Gasteiger partial charge in [0.1, 0.15) is 6.29 Å². The summed E-state index contributed by atoms with van der Waals surface area (Å²) in [6.07, 6.45) is 6.61. The van der Waals surface area contributed by atoms with Crippen molar-refractivity contribution in [3.8, 4) is 0 Å². The number of rotatable bonds is 6. The fraction of sp³-hybridized carbons (Fsp3) is 0.636. The molecule has 0 heterocycles. The molecule has 0 fully saturated rings. The highest BCUT2D eigenvalue weighted by atomic mass is 16.1. The molecule has 0 bridgehead atoms. The predicted octanol–water partition coefficient (Wildman–Crippen LogP) is 2.06. The summed E-state index contributed by atoms with van der Waals surface area (Å²) in [5.41, 5.74) is 4.53. The van der Waals surface area contributed by atoms with Crippen LogP contribution in [0.1, 0.15) is 39.5 Å². The zero-order chi connectivity index (χ0) is 11.4. The van der Waals surface area contributed by atoms with Gasteiger partial charge in [-0.05, 0) is 18.9 Å². The van der Waals surface area contributed by atoms with Crippen LogP contribution < -0.4 is 5.73 Å². The standard InChI is InChI=1S/C8H16O.C3H5NO/c1-3-5-6-8(4-2)7-9;1-2-3(4)5/h7-8H,3-6H2,1-2H3;2H,1H2,(H2,4,5). The highest BCUT2D eigenvalue weighted by Gasteiger charge is 2.01. The van der Waals surface area contributed by atoms with Crippen LogP contribution in [0.5, 0.6) is 0 Å². The van der Waals surface area contributed by atoms with Crippen molar-refractivity contribution < 1.29 is 9.59 Å². The van der Waals surface area contributed by atoms with Crippen molar-refractivity contribution in [2.75, 3.05) is 0 Å². The Labute approximate surface area is 86.4 Å². The quantitative estimate of drug-likeness (QED) is 0.525. The molecule has 3 heteroatoms. The molecule has 3 nitrogen and oxygen atoms in total. The Morgan fingerprint density at radius 3 is 2.21 bits per heavy atom. The van der Waals surface area contributed by atoms with Gasteiger partial charge >= 0.3 is 0 Å². The second-order valence-corrected chi connectivity index (χ2v) is 3.05. The number of carbonyl (C=O) groups excluding carboxylic acids is 2. The van der Waals surface area contributed by atoms with E-state index in [9.17, 15) is 9.59 Å². The van der Waals surface area contributed by atoms with E-state index in [2.05, 4.69) is 26.2 Å². The van der Waals surface area contributed by atoms with Gasteiger partial charge in [0.2, 0.25) is 5.91 Å². The first-order valence-corrected chi connectivity index (χ1v) is 4.99. The molecule has 0 radical (unpaired) electrons. The first-order valence-electron chi connectivity index (χ1n) is 4.99. The number of amides is 1. The van der Waals surface area contributed by atoms with Crippen LogP contribution in [0.15, 0.2) is 12.7 Å². The van der Waals surface area contributed by atoms with Crippen molar-refractivity contribution in [2.24, 2.45) is 11.7 Å². The first kappa shape index (κ1) is 15.4. The molecule has 14 heavy (non-hydrogen) atoms. The van der Waals surface area contributed by atoms with E-state index in [1.807, 2.05) is 0 Å². The summed E-state index contributed by atoms with van der Waals surface area (Å²) >= 11 is 0. The van der Waals surface area contributed by atoms with Crippen LogP contribution in [0.2, 0.25) is 0 Å². The van der Waals surface area contributed by atoms with Crippen LogP contribution in [0, 0.1) is 5.92 Å². The average Bonchev–Trinajstić information content (AvgIpc) is 2.20. The average molecular weight is 199 g/mol. The molecule has 0 aliphatic carbocycles. The maximum absolute atomic E-state index is 10.2. The zero-order valence-electron chi connectivity index (χ0n) is 9.16. The lowest BCUT2D eigenvalue weighted by atomic mass is 10.0. The highest BCUT2D eigenvalue weighted by molar-refractivity contribution is 5.84. The van der Waals surface area contributed by atoms with Crippen LogP contribution in [0.3, 0.4) is 0 Å². The lowest BCUT2D eigenvalue weighted by molar-refractivity contribution is -0.113. The summed E-state index contributed by atoms with van der Waals surface area (Å²) in [4.78, 5) is 19.7. The number of carbonyl (C=O) groups is 2. The smallest absolute Gasteiger partial charge is 0.240 e. The molecule has 1 atom stereocenters. The van der Waals surface area contributed by atoms with Gasteiger partial charge in [-0.3, -0.25) is 4.79 Å². The van der Waals surface area contributed by atoms with E-state index in [-0.39, 0.29) is 0 Å². The van der Waals surface area contributed by atoms with E-state index >= 15 is 0 Å². The summed E-state index contributed by atoms with van der Waals surface area (Å²) in [5, 5.41) is 0. The molecule has 82 valence electrons. The third-order valence-corrected chi connectivity index (χ3v) is 1.85. The Bertz CT molecular complexity index is 167. The number of hydrogen-bond donors (Lipinski definition) is 1. The third kappa shape index (κ3) is 13.5. The van der Waals surface area contributed by atoms with Crippen LogP contribution >= 0.6 is 0 Å². The van der Waals surface area contributed by atoms with Gasteiger partial charge in [0.15, 0.2) is 0 Å². The van der Waals surface area contributed by atoms with Crippen molar-refractivity contribution in [1.29, 1.82) is 0 Å². The largest absolute Gasteiger partial charge is 0.366 e. The van der Waals surface area contributed by atoms with Gasteiger partial charge < -0.3 is 10.5 Å². The molecule has 0 aromatic heterocycles. The van der Waals surface area contributed by atoms with Crippen molar-refractivity contribution >= 4 is 12.2 Å². The van der Waals surface area contributed by atoms with E-state index in [0.29, 0.717) is 5.92 Å². The Morgan fingerprint density at radius 1 is 1.50 bits per heavy atom. The number of nitrogens with two attached hydrogens (primary N) is 1. The van der Waals surface area contributed by atoms with E-state index < -0.39 is 5.91 Å². The second kappa shape index (κ2) is 11.9. The van der Waals surface area contributed by atoms with Crippen molar-refractivity contribution in [3.05, 3.63) is 12.7 Å². The maximum Gasteiger partial charge on any atom is 0.240 e. The van der Waals surface area contributed by atoms with E-state index in [0.717, 1.165) is 25.2 Å². The molecule has 2 N–H and O–H groups in total. The predicted molar refractivity (Wildman–Crippen MR) is 58.8 cm³/mol. The SMILES string of the molecule is C=CC(N)=O.CCCCC(C=O)CC. The molecule has 0 aliphatic rings. The Hall–Kier alpha value is -1.12. The minimum absolute atomic E-state index is 0.324. The molecule has 0 aromatic carbocycles. The second-order valence-electron chi connectivity index (χ2n) is 3.05. The minimum atomic E-state index is -0.481. The van der Waals surface area contributed by atoms with Gasteiger partial charge in [0.05, 0.1) is 0 Å². The van der Waals surface area contributed by atoms with E-state index in [1.54, 1.807) is 0 Å². The topological polar surface area (TPSA) is 60.2 Å². The monoisotopic (exact) mass is 199 g/mol.